The maximum atomic E-state index is 8.72. The molecule has 0 aromatic carbocycles. The third kappa shape index (κ3) is 3.34. The van der Waals surface area contributed by atoms with Gasteiger partial charge in [-0.25, -0.2) is 9.97 Å². The Kier molecular flexibility index (Phi) is 5.56. The fourth-order valence-electron chi connectivity index (χ4n) is 1.51. The summed E-state index contributed by atoms with van der Waals surface area (Å²) in [5.74, 6) is 1.76. The summed E-state index contributed by atoms with van der Waals surface area (Å²) >= 11 is 0. The molecule has 90 valence electrons. The number of aliphatic hydroxyl groups excluding tert-OH is 1. The van der Waals surface area contributed by atoms with Crippen molar-refractivity contribution in [1.82, 2.24) is 9.97 Å². The van der Waals surface area contributed by atoms with E-state index in [0.717, 1.165) is 43.1 Å². The lowest BCUT2D eigenvalue weighted by molar-refractivity contribution is 0.292. The summed E-state index contributed by atoms with van der Waals surface area (Å²) in [4.78, 5) is 8.44. The summed E-state index contributed by atoms with van der Waals surface area (Å²) in [6.07, 6.45) is 3.16. The number of nitrogens with zero attached hydrogens (tertiary/aromatic N) is 2. The third-order valence-corrected chi connectivity index (χ3v) is 2.27. The molecular weight excluding hydrogens is 204 g/mol. The van der Waals surface area contributed by atoms with Gasteiger partial charge in [0.2, 0.25) is 0 Å². The van der Waals surface area contributed by atoms with E-state index >= 15 is 0 Å². The first kappa shape index (κ1) is 12.7. The number of nitrogens with one attached hydrogen (secondary N) is 2. The van der Waals surface area contributed by atoms with Gasteiger partial charge in [-0.3, -0.25) is 0 Å². The van der Waals surface area contributed by atoms with Crippen LogP contribution in [0.15, 0.2) is 6.33 Å². The predicted octanol–water partition coefficient (Wildman–Crippen LogP) is 1.27. The quantitative estimate of drug-likeness (QED) is 0.608. The molecule has 0 atom stereocenters. The lowest BCUT2D eigenvalue weighted by Gasteiger charge is -2.13. The van der Waals surface area contributed by atoms with E-state index in [1.807, 2.05) is 6.92 Å². The first-order chi connectivity index (χ1) is 7.83. The molecule has 1 aromatic heterocycles. The molecule has 1 heterocycles. The number of rotatable bonds is 7. The van der Waals surface area contributed by atoms with Crippen molar-refractivity contribution in [2.45, 2.75) is 26.7 Å². The molecule has 0 bridgehead atoms. The Morgan fingerprint density at radius 1 is 1.19 bits per heavy atom. The summed E-state index contributed by atoms with van der Waals surface area (Å²) in [5.41, 5.74) is 1.10. The van der Waals surface area contributed by atoms with E-state index in [1.165, 1.54) is 0 Å². The van der Waals surface area contributed by atoms with E-state index in [2.05, 4.69) is 27.5 Å². The average Bonchev–Trinajstić information content (AvgIpc) is 2.30. The van der Waals surface area contributed by atoms with Gasteiger partial charge in [-0.05, 0) is 19.8 Å². The Bertz CT molecular complexity index is 317. The Hall–Kier alpha value is -1.36. The molecule has 0 unspecified atom stereocenters. The van der Waals surface area contributed by atoms with Crippen molar-refractivity contribution >= 4 is 11.6 Å². The molecule has 0 aliphatic carbocycles. The largest absolute Gasteiger partial charge is 0.396 e. The maximum absolute atomic E-state index is 8.72. The van der Waals surface area contributed by atoms with Crippen molar-refractivity contribution in [2.24, 2.45) is 0 Å². The highest BCUT2D eigenvalue weighted by Crippen LogP contribution is 2.19. The third-order valence-electron chi connectivity index (χ3n) is 2.27. The van der Waals surface area contributed by atoms with E-state index in [1.54, 1.807) is 6.33 Å². The minimum Gasteiger partial charge on any atom is -0.396 e. The van der Waals surface area contributed by atoms with Crippen LogP contribution in [0.1, 0.15) is 25.8 Å². The zero-order chi connectivity index (χ0) is 11.8. The highest BCUT2D eigenvalue weighted by molar-refractivity contribution is 5.57. The van der Waals surface area contributed by atoms with Gasteiger partial charge in [0.25, 0.3) is 0 Å². The molecule has 16 heavy (non-hydrogen) atoms. The van der Waals surface area contributed by atoms with Crippen LogP contribution < -0.4 is 10.6 Å². The molecule has 0 aliphatic heterocycles. The fraction of sp³-hybridized carbons (Fsp3) is 0.636. The SMILES string of the molecule is CCNc1ncnc(NCCCO)c1CC. The van der Waals surface area contributed by atoms with E-state index in [-0.39, 0.29) is 6.61 Å². The van der Waals surface area contributed by atoms with Crippen LogP contribution in [0.5, 0.6) is 0 Å². The second kappa shape index (κ2) is 7.00. The summed E-state index contributed by atoms with van der Waals surface area (Å²) in [7, 11) is 0. The van der Waals surface area contributed by atoms with Gasteiger partial charge in [-0.1, -0.05) is 6.92 Å². The summed E-state index contributed by atoms with van der Waals surface area (Å²) < 4.78 is 0. The number of anilines is 2. The molecular formula is C11H20N4O. The second-order valence-electron chi connectivity index (χ2n) is 3.44. The summed E-state index contributed by atoms with van der Waals surface area (Å²) in [6.45, 7) is 5.89. The van der Waals surface area contributed by atoms with Crippen LogP contribution in [-0.2, 0) is 6.42 Å². The molecule has 0 amide bonds. The number of hydrogen-bond donors (Lipinski definition) is 3. The van der Waals surface area contributed by atoms with Crippen molar-refractivity contribution < 1.29 is 5.11 Å². The zero-order valence-electron chi connectivity index (χ0n) is 9.95. The maximum Gasteiger partial charge on any atom is 0.134 e. The van der Waals surface area contributed by atoms with Crippen LogP contribution >= 0.6 is 0 Å². The number of aromatic nitrogens is 2. The van der Waals surface area contributed by atoms with Gasteiger partial charge in [0.1, 0.15) is 18.0 Å². The van der Waals surface area contributed by atoms with E-state index in [4.69, 9.17) is 5.11 Å². The molecule has 1 aromatic rings. The zero-order valence-corrected chi connectivity index (χ0v) is 9.95. The second-order valence-corrected chi connectivity index (χ2v) is 3.44. The molecule has 0 radical (unpaired) electrons. The Morgan fingerprint density at radius 2 is 1.88 bits per heavy atom. The summed E-state index contributed by atoms with van der Waals surface area (Å²) in [5, 5.41) is 15.2. The molecule has 1 rings (SSSR count). The topological polar surface area (TPSA) is 70.1 Å². The standard InChI is InChI=1S/C11H20N4O/c1-3-9-10(12-4-2)14-8-15-11(9)13-6-5-7-16/h8,16H,3-7H2,1-2H3,(H2,12,13,14,15). The van der Waals surface area contributed by atoms with Gasteiger partial charge < -0.3 is 15.7 Å². The highest BCUT2D eigenvalue weighted by Gasteiger charge is 2.07. The van der Waals surface area contributed by atoms with E-state index in [0.29, 0.717) is 0 Å². The lowest BCUT2D eigenvalue weighted by Crippen LogP contribution is -2.11. The minimum absolute atomic E-state index is 0.194. The first-order valence-electron chi connectivity index (χ1n) is 5.75. The van der Waals surface area contributed by atoms with Crippen molar-refractivity contribution in [3.63, 3.8) is 0 Å². The summed E-state index contributed by atoms with van der Waals surface area (Å²) in [6, 6.07) is 0. The smallest absolute Gasteiger partial charge is 0.134 e. The van der Waals surface area contributed by atoms with Gasteiger partial charge in [0, 0.05) is 25.3 Å². The van der Waals surface area contributed by atoms with Crippen LogP contribution in [-0.4, -0.2) is 34.8 Å². The van der Waals surface area contributed by atoms with Gasteiger partial charge in [-0.15, -0.1) is 0 Å². The molecule has 0 saturated heterocycles. The van der Waals surface area contributed by atoms with Crippen LogP contribution in [0.25, 0.3) is 0 Å². The van der Waals surface area contributed by atoms with E-state index in [9.17, 15) is 0 Å². The number of hydrogen-bond acceptors (Lipinski definition) is 5. The monoisotopic (exact) mass is 224 g/mol. The van der Waals surface area contributed by atoms with Crippen molar-refractivity contribution in [3.8, 4) is 0 Å². The minimum atomic E-state index is 0.194. The van der Waals surface area contributed by atoms with Crippen molar-refractivity contribution in [3.05, 3.63) is 11.9 Å². The molecule has 0 spiro atoms. The number of aliphatic hydroxyl groups is 1. The van der Waals surface area contributed by atoms with Crippen molar-refractivity contribution in [2.75, 3.05) is 30.3 Å². The van der Waals surface area contributed by atoms with Gasteiger partial charge in [-0.2, -0.15) is 0 Å². The average molecular weight is 224 g/mol. The highest BCUT2D eigenvalue weighted by atomic mass is 16.3. The van der Waals surface area contributed by atoms with Crippen molar-refractivity contribution in [1.29, 1.82) is 0 Å². The molecule has 5 heteroatoms. The normalized spacial score (nSPS) is 10.2. The molecule has 0 saturated carbocycles. The van der Waals surface area contributed by atoms with Crippen LogP contribution in [0, 0.1) is 0 Å². The predicted molar refractivity (Wildman–Crippen MR) is 65.8 cm³/mol. The fourth-order valence-corrected chi connectivity index (χ4v) is 1.51. The van der Waals surface area contributed by atoms with Crippen LogP contribution in [0.3, 0.4) is 0 Å². The molecule has 0 aliphatic rings. The van der Waals surface area contributed by atoms with Gasteiger partial charge >= 0.3 is 0 Å². The lowest BCUT2D eigenvalue weighted by atomic mass is 10.2. The first-order valence-corrected chi connectivity index (χ1v) is 5.75. The Labute approximate surface area is 96.3 Å². The van der Waals surface area contributed by atoms with Gasteiger partial charge in [0.05, 0.1) is 0 Å². The Morgan fingerprint density at radius 3 is 2.44 bits per heavy atom. The van der Waals surface area contributed by atoms with Crippen LogP contribution in [0.2, 0.25) is 0 Å². The van der Waals surface area contributed by atoms with E-state index < -0.39 is 0 Å². The van der Waals surface area contributed by atoms with Crippen LogP contribution in [0.4, 0.5) is 11.6 Å². The van der Waals surface area contributed by atoms with Gasteiger partial charge in [0.15, 0.2) is 0 Å². The molecule has 0 fully saturated rings. The molecule has 3 N–H and O–H groups in total. The Balaban J connectivity index is 2.77. The molecule has 5 nitrogen and oxygen atoms in total.